The standard InChI is InChI=1S/C17H36N4O2S/c1-6-7-8-10-17(2,3)14-20-16(18-4)19-12-15-9-11-21(13-15)24(5,22)23/h15H,6-14H2,1-5H3,(H2,18,19,20). The molecule has 0 saturated carbocycles. The predicted molar refractivity (Wildman–Crippen MR) is 102 cm³/mol. The van der Waals surface area contributed by atoms with Gasteiger partial charge in [-0.3, -0.25) is 4.99 Å². The number of hydrogen-bond donors (Lipinski definition) is 2. The van der Waals surface area contributed by atoms with E-state index in [-0.39, 0.29) is 5.41 Å². The van der Waals surface area contributed by atoms with Gasteiger partial charge in [0, 0.05) is 33.2 Å². The van der Waals surface area contributed by atoms with Gasteiger partial charge in [0.05, 0.1) is 6.26 Å². The first kappa shape index (κ1) is 21.2. The topological polar surface area (TPSA) is 73.8 Å². The predicted octanol–water partition coefficient (Wildman–Crippen LogP) is 2.04. The first-order valence-corrected chi connectivity index (χ1v) is 10.9. The van der Waals surface area contributed by atoms with Crippen molar-refractivity contribution in [1.82, 2.24) is 14.9 Å². The number of guanidine groups is 1. The third-order valence-corrected chi connectivity index (χ3v) is 5.96. The Morgan fingerprint density at radius 1 is 1.29 bits per heavy atom. The molecule has 24 heavy (non-hydrogen) atoms. The molecule has 0 aromatic carbocycles. The lowest BCUT2D eigenvalue weighted by atomic mass is 9.87. The van der Waals surface area contributed by atoms with Crippen LogP contribution in [-0.2, 0) is 10.0 Å². The van der Waals surface area contributed by atoms with Gasteiger partial charge in [-0.25, -0.2) is 12.7 Å². The van der Waals surface area contributed by atoms with Crippen molar-refractivity contribution in [3.63, 3.8) is 0 Å². The molecule has 0 aromatic heterocycles. The molecule has 1 aliphatic rings. The molecule has 0 aliphatic carbocycles. The van der Waals surface area contributed by atoms with E-state index >= 15 is 0 Å². The van der Waals surface area contributed by atoms with Crippen molar-refractivity contribution in [1.29, 1.82) is 0 Å². The summed E-state index contributed by atoms with van der Waals surface area (Å²) in [6.07, 6.45) is 7.19. The summed E-state index contributed by atoms with van der Waals surface area (Å²) in [5.74, 6) is 1.15. The number of aliphatic imine (C=N–C) groups is 1. The molecule has 0 bridgehead atoms. The van der Waals surface area contributed by atoms with E-state index in [2.05, 4.69) is 36.4 Å². The van der Waals surface area contributed by atoms with Gasteiger partial charge >= 0.3 is 0 Å². The van der Waals surface area contributed by atoms with Crippen molar-refractivity contribution in [2.75, 3.05) is 39.5 Å². The maximum atomic E-state index is 11.6. The average molecular weight is 361 g/mol. The number of rotatable bonds is 9. The van der Waals surface area contributed by atoms with Gasteiger partial charge in [0.2, 0.25) is 10.0 Å². The molecule has 0 amide bonds. The highest BCUT2D eigenvalue weighted by Crippen LogP contribution is 2.22. The fourth-order valence-corrected chi connectivity index (χ4v) is 3.91. The van der Waals surface area contributed by atoms with Crippen LogP contribution in [0.15, 0.2) is 4.99 Å². The van der Waals surface area contributed by atoms with Gasteiger partial charge in [-0.2, -0.15) is 0 Å². The summed E-state index contributed by atoms with van der Waals surface area (Å²) < 4.78 is 24.7. The Morgan fingerprint density at radius 3 is 2.54 bits per heavy atom. The van der Waals surface area contributed by atoms with Gasteiger partial charge in [0.1, 0.15) is 0 Å². The number of hydrogen-bond acceptors (Lipinski definition) is 3. The second-order valence-electron chi connectivity index (χ2n) is 7.70. The Hall–Kier alpha value is -0.820. The summed E-state index contributed by atoms with van der Waals surface area (Å²) in [5, 5.41) is 6.75. The molecule has 1 unspecified atom stereocenters. The van der Waals surface area contributed by atoms with E-state index in [9.17, 15) is 8.42 Å². The molecule has 0 radical (unpaired) electrons. The van der Waals surface area contributed by atoms with E-state index < -0.39 is 10.0 Å². The Bertz CT molecular complexity index is 503. The molecule has 1 aliphatic heterocycles. The Kier molecular flexibility index (Phi) is 8.50. The molecule has 1 fully saturated rings. The Labute approximate surface area is 148 Å². The first-order valence-electron chi connectivity index (χ1n) is 9.07. The zero-order chi connectivity index (χ0) is 18.2. The molecular weight excluding hydrogens is 324 g/mol. The fourth-order valence-electron chi connectivity index (χ4n) is 2.99. The molecule has 7 heteroatoms. The van der Waals surface area contributed by atoms with Crippen LogP contribution in [0.3, 0.4) is 0 Å². The van der Waals surface area contributed by atoms with Gasteiger partial charge in [0.15, 0.2) is 5.96 Å². The molecule has 1 rings (SSSR count). The average Bonchev–Trinajstić information content (AvgIpc) is 2.96. The largest absolute Gasteiger partial charge is 0.356 e. The second-order valence-corrected chi connectivity index (χ2v) is 9.69. The number of nitrogens with zero attached hydrogens (tertiary/aromatic N) is 2. The monoisotopic (exact) mass is 360 g/mol. The number of unbranched alkanes of at least 4 members (excludes halogenated alkanes) is 2. The molecule has 142 valence electrons. The van der Waals surface area contributed by atoms with E-state index in [1.165, 1.54) is 31.9 Å². The van der Waals surface area contributed by atoms with Crippen LogP contribution in [-0.4, -0.2) is 58.2 Å². The minimum absolute atomic E-state index is 0.243. The summed E-state index contributed by atoms with van der Waals surface area (Å²) in [6, 6.07) is 0. The lowest BCUT2D eigenvalue weighted by molar-refractivity contribution is 0.318. The minimum Gasteiger partial charge on any atom is -0.356 e. The number of nitrogens with one attached hydrogen (secondary N) is 2. The summed E-state index contributed by atoms with van der Waals surface area (Å²) >= 11 is 0. The third kappa shape index (κ3) is 7.83. The van der Waals surface area contributed by atoms with Crippen molar-refractivity contribution < 1.29 is 8.42 Å². The maximum Gasteiger partial charge on any atom is 0.211 e. The van der Waals surface area contributed by atoms with Crippen LogP contribution < -0.4 is 10.6 Å². The molecule has 2 N–H and O–H groups in total. The smallest absolute Gasteiger partial charge is 0.211 e. The Balaban J connectivity index is 2.33. The lowest BCUT2D eigenvalue weighted by Gasteiger charge is -2.26. The molecule has 1 atom stereocenters. The normalized spacial score (nSPS) is 20.4. The fraction of sp³-hybridized carbons (Fsp3) is 0.941. The SMILES string of the molecule is CCCCCC(C)(C)CNC(=NC)NCC1CCN(S(C)(=O)=O)C1. The van der Waals surface area contributed by atoms with E-state index in [1.807, 2.05) is 0 Å². The molecule has 6 nitrogen and oxygen atoms in total. The van der Waals surface area contributed by atoms with Gasteiger partial charge in [-0.05, 0) is 24.2 Å². The molecule has 1 heterocycles. The zero-order valence-corrected chi connectivity index (χ0v) is 16.9. The highest BCUT2D eigenvalue weighted by molar-refractivity contribution is 7.88. The number of sulfonamides is 1. The molecule has 1 saturated heterocycles. The van der Waals surface area contributed by atoms with Crippen LogP contribution in [0.5, 0.6) is 0 Å². The van der Waals surface area contributed by atoms with Crippen molar-refractivity contribution >= 4 is 16.0 Å². The minimum atomic E-state index is -3.06. The van der Waals surface area contributed by atoms with Gasteiger partial charge in [0.25, 0.3) is 0 Å². The summed E-state index contributed by atoms with van der Waals surface area (Å²) in [5.41, 5.74) is 0.243. The lowest BCUT2D eigenvalue weighted by Crippen LogP contribution is -2.44. The van der Waals surface area contributed by atoms with Crippen molar-refractivity contribution in [2.45, 2.75) is 52.9 Å². The van der Waals surface area contributed by atoms with Crippen LogP contribution >= 0.6 is 0 Å². The highest BCUT2D eigenvalue weighted by Gasteiger charge is 2.28. The van der Waals surface area contributed by atoms with E-state index in [1.54, 1.807) is 11.4 Å². The molecule has 0 aromatic rings. The van der Waals surface area contributed by atoms with Crippen LogP contribution in [0.4, 0.5) is 0 Å². The summed E-state index contributed by atoms with van der Waals surface area (Å²) in [7, 11) is -1.29. The van der Waals surface area contributed by atoms with Gasteiger partial charge in [-0.15, -0.1) is 0 Å². The van der Waals surface area contributed by atoms with Crippen LogP contribution in [0, 0.1) is 11.3 Å². The first-order chi connectivity index (χ1) is 11.2. The quantitative estimate of drug-likeness (QED) is 0.375. The maximum absolute atomic E-state index is 11.6. The molecule has 0 spiro atoms. The highest BCUT2D eigenvalue weighted by atomic mass is 32.2. The zero-order valence-electron chi connectivity index (χ0n) is 16.1. The summed E-state index contributed by atoms with van der Waals surface area (Å²) in [4.78, 5) is 4.28. The summed E-state index contributed by atoms with van der Waals surface area (Å²) in [6.45, 7) is 9.66. The Morgan fingerprint density at radius 2 is 2.00 bits per heavy atom. The molecular formula is C17H36N4O2S. The van der Waals surface area contributed by atoms with E-state index in [0.29, 0.717) is 19.0 Å². The van der Waals surface area contributed by atoms with E-state index in [0.717, 1.165) is 25.5 Å². The third-order valence-electron chi connectivity index (χ3n) is 4.69. The van der Waals surface area contributed by atoms with E-state index in [4.69, 9.17) is 0 Å². The van der Waals surface area contributed by atoms with Gasteiger partial charge < -0.3 is 10.6 Å². The van der Waals surface area contributed by atoms with Crippen molar-refractivity contribution in [3.05, 3.63) is 0 Å². The van der Waals surface area contributed by atoms with Crippen molar-refractivity contribution in [2.24, 2.45) is 16.3 Å². The van der Waals surface area contributed by atoms with Crippen molar-refractivity contribution in [3.8, 4) is 0 Å². The van der Waals surface area contributed by atoms with Crippen LogP contribution in [0.1, 0.15) is 52.9 Å². The van der Waals surface area contributed by atoms with Crippen LogP contribution in [0.25, 0.3) is 0 Å². The van der Waals surface area contributed by atoms with Crippen LogP contribution in [0.2, 0.25) is 0 Å². The van der Waals surface area contributed by atoms with Gasteiger partial charge in [-0.1, -0.05) is 40.0 Å². The second kappa shape index (κ2) is 9.61.